The van der Waals surface area contributed by atoms with Gasteiger partial charge in [-0.05, 0) is 33.2 Å². The summed E-state index contributed by atoms with van der Waals surface area (Å²) < 4.78 is 0. The van der Waals surface area contributed by atoms with E-state index in [1.807, 2.05) is 13.8 Å². The minimum atomic E-state index is 0.259. The fourth-order valence-corrected chi connectivity index (χ4v) is 1.55. The monoisotopic (exact) mass is 199 g/mol. The molecule has 1 fully saturated rings. The van der Waals surface area contributed by atoms with Crippen LogP contribution >= 0.6 is 0 Å². The molecule has 0 aromatic rings. The van der Waals surface area contributed by atoms with Crippen LogP contribution in [0.15, 0.2) is 0 Å². The van der Waals surface area contributed by atoms with Crippen molar-refractivity contribution in [2.24, 2.45) is 0 Å². The highest BCUT2D eigenvalue weighted by Gasteiger charge is 2.15. The Kier molecular flexibility index (Phi) is 4.90. The normalized spacial score (nSPS) is 22.4. The van der Waals surface area contributed by atoms with Gasteiger partial charge in [0.05, 0.1) is 0 Å². The van der Waals surface area contributed by atoms with Crippen molar-refractivity contribution in [3.8, 4) is 0 Å². The van der Waals surface area contributed by atoms with E-state index in [-0.39, 0.29) is 6.04 Å². The smallest absolute Gasteiger partial charge is 0.208 e. The SMILES string of the molecule is CC(C)NOC(=N)C[C@@H]1CCCCN1. The first kappa shape index (κ1) is 11.5. The molecular formula is C10H21N3O. The Hall–Kier alpha value is -0.610. The molecule has 3 N–H and O–H groups in total. The summed E-state index contributed by atoms with van der Waals surface area (Å²) in [6.07, 6.45) is 4.38. The van der Waals surface area contributed by atoms with Crippen molar-refractivity contribution < 1.29 is 4.84 Å². The molecule has 0 spiro atoms. The van der Waals surface area contributed by atoms with Crippen LogP contribution in [0, 0.1) is 5.41 Å². The van der Waals surface area contributed by atoms with E-state index in [1.54, 1.807) is 0 Å². The molecule has 0 saturated carbocycles. The fourth-order valence-electron chi connectivity index (χ4n) is 1.55. The molecule has 1 aliphatic rings. The molecule has 1 heterocycles. The van der Waals surface area contributed by atoms with E-state index in [0.29, 0.717) is 18.4 Å². The Morgan fingerprint density at radius 2 is 2.36 bits per heavy atom. The number of rotatable bonds is 4. The quantitative estimate of drug-likeness (QED) is 0.365. The minimum Gasteiger partial charge on any atom is -0.393 e. The van der Waals surface area contributed by atoms with Crippen LogP contribution in [0.2, 0.25) is 0 Å². The second-order valence-electron chi connectivity index (χ2n) is 4.15. The summed E-state index contributed by atoms with van der Waals surface area (Å²) in [7, 11) is 0. The largest absolute Gasteiger partial charge is 0.393 e. The van der Waals surface area contributed by atoms with Gasteiger partial charge in [0.25, 0.3) is 0 Å². The van der Waals surface area contributed by atoms with E-state index >= 15 is 0 Å². The van der Waals surface area contributed by atoms with Crippen molar-refractivity contribution in [2.75, 3.05) is 6.54 Å². The molecule has 1 atom stereocenters. The van der Waals surface area contributed by atoms with Gasteiger partial charge in [-0.3, -0.25) is 5.41 Å². The second kappa shape index (κ2) is 5.98. The summed E-state index contributed by atoms with van der Waals surface area (Å²) in [5.74, 6) is 0.332. The van der Waals surface area contributed by atoms with Crippen LogP contribution in [-0.2, 0) is 4.84 Å². The molecule has 1 aliphatic heterocycles. The summed E-state index contributed by atoms with van der Waals surface area (Å²) in [5.41, 5.74) is 2.78. The molecule has 82 valence electrons. The average molecular weight is 199 g/mol. The lowest BCUT2D eigenvalue weighted by atomic mass is 10.0. The van der Waals surface area contributed by atoms with Crippen LogP contribution in [0.4, 0.5) is 0 Å². The topological polar surface area (TPSA) is 57.1 Å². The van der Waals surface area contributed by atoms with Crippen LogP contribution in [0.3, 0.4) is 0 Å². The van der Waals surface area contributed by atoms with Gasteiger partial charge < -0.3 is 10.2 Å². The summed E-state index contributed by atoms with van der Waals surface area (Å²) in [6.45, 7) is 5.06. The molecule has 0 amide bonds. The molecule has 0 radical (unpaired) electrons. The van der Waals surface area contributed by atoms with E-state index in [0.717, 1.165) is 13.0 Å². The number of piperidine rings is 1. The van der Waals surface area contributed by atoms with Gasteiger partial charge in [-0.1, -0.05) is 6.42 Å². The number of hydrogen-bond donors (Lipinski definition) is 3. The van der Waals surface area contributed by atoms with Crippen LogP contribution < -0.4 is 10.8 Å². The van der Waals surface area contributed by atoms with E-state index in [4.69, 9.17) is 10.2 Å². The van der Waals surface area contributed by atoms with Gasteiger partial charge in [0.2, 0.25) is 5.90 Å². The highest BCUT2D eigenvalue weighted by atomic mass is 16.7. The number of nitrogens with one attached hydrogen (secondary N) is 3. The predicted octanol–water partition coefficient (Wildman–Crippen LogP) is 1.43. The minimum absolute atomic E-state index is 0.259. The first-order valence-corrected chi connectivity index (χ1v) is 5.41. The molecule has 14 heavy (non-hydrogen) atoms. The maximum atomic E-state index is 7.59. The molecule has 4 nitrogen and oxygen atoms in total. The van der Waals surface area contributed by atoms with Crippen molar-refractivity contribution in [3.63, 3.8) is 0 Å². The third kappa shape index (κ3) is 4.58. The third-order valence-electron chi connectivity index (χ3n) is 2.26. The standard InChI is InChI=1S/C10H21N3O/c1-8(2)13-14-10(11)7-9-5-3-4-6-12-9/h8-9,11-13H,3-7H2,1-2H3/t9-/m0/s1. The first-order valence-electron chi connectivity index (χ1n) is 5.41. The Balaban J connectivity index is 2.12. The molecule has 0 aliphatic carbocycles. The van der Waals surface area contributed by atoms with Gasteiger partial charge in [0, 0.05) is 18.5 Å². The highest BCUT2D eigenvalue weighted by Crippen LogP contribution is 2.10. The third-order valence-corrected chi connectivity index (χ3v) is 2.26. The molecule has 0 aromatic heterocycles. The van der Waals surface area contributed by atoms with Gasteiger partial charge in [-0.25, -0.2) is 0 Å². The average Bonchev–Trinajstić information content (AvgIpc) is 2.16. The van der Waals surface area contributed by atoms with Gasteiger partial charge in [-0.15, -0.1) is 0 Å². The van der Waals surface area contributed by atoms with Gasteiger partial charge in [-0.2, -0.15) is 5.48 Å². The lowest BCUT2D eigenvalue weighted by Gasteiger charge is -2.23. The van der Waals surface area contributed by atoms with Gasteiger partial charge in [0.1, 0.15) is 0 Å². The summed E-state index contributed by atoms with van der Waals surface area (Å²) in [5, 5.41) is 11.0. The van der Waals surface area contributed by atoms with Gasteiger partial charge in [0.15, 0.2) is 0 Å². The Labute approximate surface area is 85.9 Å². The van der Waals surface area contributed by atoms with Crippen LogP contribution in [0.25, 0.3) is 0 Å². The zero-order valence-corrected chi connectivity index (χ0v) is 9.10. The number of hydroxylamine groups is 1. The molecular weight excluding hydrogens is 178 g/mol. The number of hydrogen-bond acceptors (Lipinski definition) is 4. The zero-order chi connectivity index (χ0) is 10.4. The second-order valence-corrected chi connectivity index (χ2v) is 4.15. The lowest BCUT2D eigenvalue weighted by Crippen LogP contribution is -2.37. The van der Waals surface area contributed by atoms with Gasteiger partial charge >= 0.3 is 0 Å². The predicted molar refractivity (Wildman–Crippen MR) is 57.3 cm³/mol. The molecule has 0 bridgehead atoms. The maximum absolute atomic E-state index is 7.59. The summed E-state index contributed by atoms with van der Waals surface area (Å²) >= 11 is 0. The maximum Gasteiger partial charge on any atom is 0.208 e. The van der Waals surface area contributed by atoms with Crippen molar-refractivity contribution >= 4 is 5.90 Å². The van der Waals surface area contributed by atoms with Crippen LogP contribution in [0.5, 0.6) is 0 Å². The first-order chi connectivity index (χ1) is 6.68. The highest BCUT2D eigenvalue weighted by molar-refractivity contribution is 5.72. The van der Waals surface area contributed by atoms with Crippen molar-refractivity contribution in [3.05, 3.63) is 0 Å². The Morgan fingerprint density at radius 3 is 2.93 bits per heavy atom. The van der Waals surface area contributed by atoms with E-state index in [1.165, 1.54) is 12.8 Å². The zero-order valence-electron chi connectivity index (χ0n) is 9.10. The van der Waals surface area contributed by atoms with Crippen molar-refractivity contribution in [2.45, 2.75) is 51.6 Å². The molecule has 1 rings (SSSR count). The Bertz CT molecular complexity index is 176. The molecule has 1 saturated heterocycles. The van der Waals surface area contributed by atoms with Crippen molar-refractivity contribution in [1.29, 1.82) is 5.41 Å². The van der Waals surface area contributed by atoms with E-state index in [2.05, 4.69) is 10.8 Å². The van der Waals surface area contributed by atoms with E-state index in [9.17, 15) is 0 Å². The molecule has 4 heteroatoms. The van der Waals surface area contributed by atoms with Crippen LogP contribution in [-0.4, -0.2) is 24.5 Å². The molecule has 0 aromatic carbocycles. The van der Waals surface area contributed by atoms with Crippen LogP contribution in [0.1, 0.15) is 39.5 Å². The molecule has 0 unspecified atom stereocenters. The fraction of sp³-hybridized carbons (Fsp3) is 0.900. The lowest BCUT2D eigenvalue weighted by molar-refractivity contribution is 0.144. The Morgan fingerprint density at radius 1 is 1.57 bits per heavy atom. The van der Waals surface area contributed by atoms with Crippen molar-refractivity contribution in [1.82, 2.24) is 10.8 Å². The summed E-state index contributed by atoms with van der Waals surface area (Å²) in [6, 6.07) is 0.694. The summed E-state index contributed by atoms with van der Waals surface area (Å²) in [4.78, 5) is 5.10. The van der Waals surface area contributed by atoms with E-state index < -0.39 is 0 Å².